The average Bonchev–Trinajstić information content (AvgIpc) is 3.15. The smallest absolute Gasteiger partial charge is 0.275 e. The maximum atomic E-state index is 12.6. The molecule has 1 amide bonds. The van der Waals surface area contributed by atoms with Crippen molar-refractivity contribution in [2.24, 2.45) is 7.05 Å². The number of halogens is 2. The van der Waals surface area contributed by atoms with Gasteiger partial charge in [-0.2, -0.15) is 0 Å². The number of rotatable bonds is 5. The lowest BCUT2D eigenvalue weighted by Gasteiger charge is -2.23. The lowest BCUT2D eigenvalue weighted by atomic mass is 10.1. The van der Waals surface area contributed by atoms with Gasteiger partial charge in [0, 0.05) is 36.1 Å². The van der Waals surface area contributed by atoms with Gasteiger partial charge in [0.15, 0.2) is 6.54 Å². The van der Waals surface area contributed by atoms with Gasteiger partial charge in [-0.15, -0.1) is 0 Å². The number of amides is 1. The summed E-state index contributed by atoms with van der Waals surface area (Å²) < 4.78 is 2.16. The molecule has 1 unspecified atom stereocenters. The number of aryl methyl sites for hydroxylation is 1. The Morgan fingerprint density at radius 1 is 1.40 bits per heavy atom. The Labute approximate surface area is 158 Å². The summed E-state index contributed by atoms with van der Waals surface area (Å²) in [6, 6.07) is 9.83. The number of carbonyl (C=O) groups excluding carboxylic acids is 1. The van der Waals surface area contributed by atoms with Crippen molar-refractivity contribution < 1.29 is 9.69 Å². The second kappa shape index (κ2) is 7.81. The molecule has 1 fully saturated rings. The van der Waals surface area contributed by atoms with E-state index in [1.807, 2.05) is 13.0 Å². The summed E-state index contributed by atoms with van der Waals surface area (Å²) in [6.07, 6.45) is 4.34. The third-order valence-electron chi connectivity index (χ3n) is 5.02. The summed E-state index contributed by atoms with van der Waals surface area (Å²) in [7, 11) is 2.07. The monoisotopic (exact) mass is 380 g/mol. The number of benzene rings is 1. The molecule has 0 radical (unpaired) electrons. The summed E-state index contributed by atoms with van der Waals surface area (Å²) in [4.78, 5) is 13.9. The first-order valence-electron chi connectivity index (χ1n) is 8.66. The highest BCUT2D eigenvalue weighted by Gasteiger charge is 2.33. The molecule has 0 spiro atoms. The van der Waals surface area contributed by atoms with Crippen molar-refractivity contribution in [3.05, 3.63) is 57.8 Å². The van der Waals surface area contributed by atoms with Crippen LogP contribution in [0.15, 0.2) is 36.5 Å². The van der Waals surface area contributed by atoms with E-state index < -0.39 is 0 Å². The molecule has 134 valence electrons. The van der Waals surface area contributed by atoms with E-state index in [0.717, 1.165) is 24.9 Å². The fourth-order valence-corrected chi connectivity index (χ4v) is 4.32. The Bertz CT molecular complexity index is 759. The highest BCUT2D eigenvalue weighted by Crippen LogP contribution is 2.26. The number of nitrogens with zero attached hydrogens (tertiary/aromatic N) is 1. The van der Waals surface area contributed by atoms with Crippen LogP contribution in [-0.2, 0) is 11.8 Å². The van der Waals surface area contributed by atoms with Crippen LogP contribution in [0.4, 0.5) is 0 Å². The number of carbonyl (C=O) groups is 1. The van der Waals surface area contributed by atoms with Crippen molar-refractivity contribution in [2.75, 3.05) is 13.1 Å². The van der Waals surface area contributed by atoms with E-state index in [1.54, 1.807) is 12.1 Å². The highest BCUT2D eigenvalue weighted by atomic mass is 35.5. The van der Waals surface area contributed by atoms with Crippen molar-refractivity contribution in [1.29, 1.82) is 0 Å². The number of nitrogens with one attached hydrogen (secondary N) is 2. The Balaban J connectivity index is 1.63. The van der Waals surface area contributed by atoms with Crippen molar-refractivity contribution in [1.82, 2.24) is 9.88 Å². The third-order valence-corrected chi connectivity index (χ3v) is 5.58. The fourth-order valence-electron chi connectivity index (χ4n) is 3.75. The molecule has 1 saturated heterocycles. The standard InChI is InChI=1S/C19H23Cl2N3O/c1-13(15-8-7-14(20)11-16(15)21)22-19(25)12-24-10-4-6-18(24)17-5-3-9-23(17)2/h3,5,7-9,11,13,18H,4,6,10,12H2,1-2H3,(H,22,25)/p+1/t13-,18+/m0/s1. The molecule has 4 nitrogen and oxygen atoms in total. The zero-order valence-corrected chi connectivity index (χ0v) is 16.1. The Morgan fingerprint density at radius 3 is 2.88 bits per heavy atom. The molecule has 3 rings (SSSR count). The molecular weight excluding hydrogens is 357 g/mol. The molecular formula is C19H24Cl2N3O+. The highest BCUT2D eigenvalue weighted by molar-refractivity contribution is 6.35. The van der Waals surface area contributed by atoms with Crippen LogP contribution in [0.2, 0.25) is 10.0 Å². The maximum Gasteiger partial charge on any atom is 0.275 e. The van der Waals surface area contributed by atoms with E-state index in [2.05, 4.69) is 35.3 Å². The SMILES string of the molecule is C[C@H](NC(=O)C[NH+]1CCC[C@@H]1c1cccn1C)c1ccc(Cl)cc1Cl. The summed E-state index contributed by atoms with van der Waals surface area (Å²) >= 11 is 12.2. The topological polar surface area (TPSA) is 38.5 Å². The molecule has 25 heavy (non-hydrogen) atoms. The number of likely N-dealkylation sites (tertiary alicyclic amines) is 1. The largest absolute Gasteiger partial charge is 0.350 e. The molecule has 2 aromatic rings. The second-order valence-electron chi connectivity index (χ2n) is 6.78. The maximum absolute atomic E-state index is 12.6. The summed E-state index contributed by atoms with van der Waals surface area (Å²) in [5.41, 5.74) is 2.18. The van der Waals surface area contributed by atoms with E-state index in [0.29, 0.717) is 22.6 Å². The van der Waals surface area contributed by atoms with Crippen LogP contribution in [0, 0.1) is 0 Å². The third kappa shape index (κ3) is 4.20. The number of quaternary nitrogens is 1. The molecule has 2 heterocycles. The van der Waals surface area contributed by atoms with Crippen LogP contribution in [0.25, 0.3) is 0 Å². The van der Waals surface area contributed by atoms with Crippen molar-refractivity contribution in [2.45, 2.75) is 31.8 Å². The molecule has 1 aliphatic rings. The van der Waals surface area contributed by atoms with E-state index in [1.165, 1.54) is 10.6 Å². The number of hydrogen-bond donors (Lipinski definition) is 2. The van der Waals surface area contributed by atoms with Gasteiger partial charge in [-0.1, -0.05) is 29.3 Å². The van der Waals surface area contributed by atoms with Crippen LogP contribution < -0.4 is 10.2 Å². The molecule has 0 saturated carbocycles. The normalized spacial score (nSPS) is 21.3. The van der Waals surface area contributed by atoms with Crippen molar-refractivity contribution in [3.63, 3.8) is 0 Å². The minimum atomic E-state index is -0.146. The van der Waals surface area contributed by atoms with E-state index in [4.69, 9.17) is 23.2 Å². The quantitative estimate of drug-likeness (QED) is 0.821. The molecule has 1 aliphatic heterocycles. The minimum Gasteiger partial charge on any atom is -0.350 e. The van der Waals surface area contributed by atoms with E-state index in [9.17, 15) is 4.79 Å². The van der Waals surface area contributed by atoms with Gasteiger partial charge in [0.05, 0.1) is 18.3 Å². The van der Waals surface area contributed by atoms with Gasteiger partial charge in [-0.25, -0.2) is 0 Å². The van der Waals surface area contributed by atoms with E-state index >= 15 is 0 Å². The van der Waals surface area contributed by atoms with Gasteiger partial charge in [-0.05, 0) is 36.8 Å². The van der Waals surface area contributed by atoms with Gasteiger partial charge in [0.25, 0.3) is 5.91 Å². The van der Waals surface area contributed by atoms with Crippen LogP contribution in [0.1, 0.15) is 43.1 Å². The first-order chi connectivity index (χ1) is 12.0. The van der Waals surface area contributed by atoms with Crippen LogP contribution in [-0.4, -0.2) is 23.6 Å². The van der Waals surface area contributed by atoms with Crippen LogP contribution >= 0.6 is 23.2 Å². The molecule has 6 heteroatoms. The van der Waals surface area contributed by atoms with Crippen molar-refractivity contribution >= 4 is 29.1 Å². The Kier molecular flexibility index (Phi) is 5.72. The van der Waals surface area contributed by atoms with Gasteiger partial charge in [-0.3, -0.25) is 4.79 Å². The number of hydrogen-bond acceptors (Lipinski definition) is 1. The van der Waals surface area contributed by atoms with Crippen LogP contribution in [0.3, 0.4) is 0 Å². The molecule has 0 bridgehead atoms. The summed E-state index contributed by atoms with van der Waals surface area (Å²) in [5, 5.41) is 4.25. The molecule has 1 aromatic heterocycles. The van der Waals surface area contributed by atoms with Gasteiger partial charge >= 0.3 is 0 Å². The second-order valence-corrected chi connectivity index (χ2v) is 7.62. The molecule has 1 aromatic carbocycles. The average molecular weight is 381 g/mol. The van der Waals surface area contributed by atoms with Gasteiger partial charge in [0.1, 0.15) is 6.04 Å². The predicted octanol–water partition coefficient (Wildman–Crippen LogP) is 2.93. The molecule has 3 atom stereocenters. The van der Waals surface area contributed by atoms with Gasteiger partial charge in [0.2, 0.25) is 0 Å². The zero-order chi connectivity index (χ0) is 18.0. The first-order valence-corrected chi connectivity index (χ1v) is 9.41. The number of aromatic nitrogens is 1. The Hall–Kier alpha value is -1.49. The van der Waals surface area contributed by atoms with Crippen LogP contribution in [0.5, 0.6) is 0 Å². The lowest BCUT2D eigenvalue weighted by molar-refractivity contribution is -0.911. The fraction of sp³-hybridized carbons (Fsp3) is 0.421. The first kappa shape index (κ1) is 18.3. The summed E-state index contributed by atoms with van der Waals surface area (Å²) in [6.45, 7) is 3.45. The predicted molar refractivity (Wildman–Crippen MR) is 101 cm³/mol. The Morgan fingerprint density at radius 2 is 2.20 bits per heavy atom. The lowest BCUT2D eigenvalue weighted by Crippen LogP contribution is -3.11. The van der Waals surface area contributed by atoms with Gasteiger partial charge < -0.3 is 14.8 Å². The van der Waals surface area contributed by atoms with E-state index in [-0.39, 0.29) is 11.9 Å². The zero-order valence-electron chi connectivity index (χ0n) is 14.6. The minimum absolute atomic E-state index is 0.0506. The summed E-state index contributed by atoms with van der Waals surface area (Å²) in [5.74, 6) is 0.0506. The molecule has 0 aliphatic carbocycles. The van der Waals surface area contributed by atoms with Crippen molar-refractivity contribution in [3.8, 4) is 0 Å². The molecule has 2 N–H and O–H groups in total.